The van der Waals surface area contributed by atoms with Gasteiger partial charge in [0.2, 0.25) is 0 Å². The second kappa shape index (κ2) is 5.39. The molecule has 1 amide bonds. The van der Waals surface area contributed by atoms with Gasteiger partial charge < -0.3 is 9.32 Å². The van der Waals surface area contributed by atoms with Crippen LogP contribution < -0.4 is 0 Å². The number of hydrogen-bond donors (Lipinski definition) is 0. The van der Waals surface area contributed by atoms with E-state index in [0.717, 1.165) is 23.7 Å². The fourth-order valence-corrected chi connectivity index (χ4v) is 2.52. The minimum Gasteiger partial charge on any atom is -0.454 e. The van der Waals surface area contributed by atoms with Gasteiger partial charge in [-0.3, -0.25) is 9.48 Å². The average Bonchev–Trinajstić information content (AvgIpc) is 3.02. The van der Waals surface area contributed by atoms with Crippen molar-refractivity contribution in [2.24, 2.45) is 5.92 Å². The molecule has 112 valence electrons. The van der Waals surface area contributed by atoms with Crippen molar-refractivity contribution in [3.8, 4) is 0 Å². The Kier molecular flexibility index (Phi) is 3.57. The van der Waals surface area contributed by atoms with Crippen LogP contribution in [0.3, 0.4) is 0 Å². The SMILES string of the molecule is Cc1cc(C)n(Cc2ccc(C(=O)N(C)CC3CC3)o2)n1. The number of hydrogen-bond acceptors (Lipinski definition) is 3. The zero-order chi connectivity index (χ0) is 15.0. The van der Waals surface area contributed by atoms with Gasteiger partial charge in [-0.2, -0.15) is 5.10 Å². The topological polar surface area (TPSA) is 51.3 Å². The standard InChI is InChI=1S/C16H21N3O2/c1-11-8-12(2)19(17-11)10-14-6-7-15(21-14)16(20)18(3)9-13-4-5-13/h6-8,13H,4-5,9-10H2,1-3H3. The normalized spacial score (nSPS) is 14.4. The van der Waals surface area contributed by atoms with Gasteiger partial charge >= 0.3 is 0 Å². The van der Waals surface area contributed by atoms with Crippen molar-refractivity contribution in [3.05, 3.63) is 41.1 Å². The highest BCUT2D eigenvalue weighted by Crippen LogP contribution is 2.29. The Hall–Kier alpha value is -2.04. The van der Waals surface area contributed by atoms with Gasteiger partial charge in [-0.15, -0.1) is 0 Å². The first-order valence-electron chi connectivity index (χ1n) is 7.38. The Morgan fingerprint density at radius 2 is 2.19 bits per heavy atom. The van der Waals surface area contributed by atoms with Crippen molar-refractivity contribution in [1.82, 2.24) is 14.7 Å². The van der Waals surface area contributed by atoms with Crippen LogP contribution in [0.15, 0.2) is 22.6 Å². The third-order valence-corrected chi connectivity index (χ3v) is 3.86. The second-order valence-corrected chi connectivity index (χ2v) is 5.98. The number of nitrogens with zero attached hydrogens (tertiary/aromatic N) is 3. The predicted octanol–water partition coefficient (Wildman–Crippen LogP) is 2.62. The van der Waals surface area contributed by atoms with Crippen LogP contribution in [0.1, 0.15) is 40.5 Å². The molecule has 0 aliphatic heterocycles. The lowest BCUT2D eigenvalue weighted by Gasteiger charge is -2.14. The van der Waals surface area contributed by atoms with Gasteiger partial charge in [0.1, 0.15) is 5.76 Å². The molecule has 0 aromatic carbocycles. The number of aryl methyl sites for hydroxylation is 2. The van der Waals surface area contributed by atoms with Crippen LogP contribution in [0.25, 0.3) is 0 Å². The predicted molar refractivity (Wildman–Crippen MR) is 79.2 cm³/mol. The summed E-state index contributed by atoms with van der Waals surface area (Å²) in [6.45, 7) is 5.36. The lowest BCUT2D eigenvalue weighted by Crippen LogP contribution is -2.28. The van der Waals surface area contributed by atoms with Crippen LogP contribution in [0.5, 0.6) is 0 Å². The molecule has 0 N–H and O–H groups in total. The van der Waals surface area contributed by atoms with Crippen LogP contribution in [0.4, 0.5) is 0 Å². The molecule has 2 heterocycles. The molecule has 1 fully saturated rings. The van der Waals surface area contributed by atoms with Crippen molar-refractivity contribution in [3.63, 3.8) is 0 Å². The Morgan fingerprint density at radius 1 is 1.43 bits per heavy atom. The summed E-state index contributed by atoms with van der Waals surface area (Å²) in [7, 11) is 1.84. The molecule has 0 radical (unpaired) electrons. The molecule has 3 rings (SSSR count). The van der Waals surface area contributed by atoms with Gasteiger partial charge in [0, 0.05) is 19.3 Å². The van der Waals surface area contributed by atoms with Crippen molar-refractivity contribution in [2.75, 3.05) is 13.6 Å². The molecule has 1 saturated carbocycles. The molecule has 0 spiro atoms. The fraction of sp³-hybridized carbons (Fsp3) is 0.500. The van der Waals surface area contributed by atoms with Gasteiger partial charge in [-0.05, 0) is 50.8 Å². The summed E-state index contributed by atoms with van der Waals surface area (Å²) >= 11 is 0. The zero-order valence-corrected chi connectivity index (χ0v) is 12.8. The summed E-state index contributed by atoms with van der Waals surface area (Å²) < 4.78 is 7.57. The summed E-state index contributed by atoms with van der Waals surface area (Å²) in [4.78, 5) is 14.0. The molecule has 0 unspecified atom stereocenters. The molecule has 0 atom stereocenters. The van der Waals surface area contributed by atoms with Crippen LogP contribution >= 0.6 is 0 Å². The molecule has 2 aromatic heterocycles. The molecule has 5 nitrogen and oxygen atoms in total. The number of aromatic nitrogens is 2. The van der Waals surface area contributed by atoms with E-state index < -0.39 is 0 Å². The van der Waals surface area contributed by atoms with E-state index >= 15 is 0 Å². The number of carbonyl (C=O) groups excluding carboxylic acids is 1. The third kappa shape index (κ3) is 3.17. The zero-order valence-electron chi connectivity index (χ0n) is 12.8. The van der Waals surface area contributed by atoms with Crippen LogP contribution in [-0.4, -0.2) is 34.2 Å². The van der Waals surface area contributed by atoms with Gasteiger partial charge in [0.15, 0.2) is 5.76 Å². The highest BCUT2D eigenvalue weighted by molar-refractivity contribution is 5.91. The van der Waals surface area contributed by atoms with Crippen LogP contribution in [0.2, 0.25) is 0 Å². The maximum atomic E-state index is 12.3. The molecule has 21 heavy (non-hydrogen) atoms. The quantitative estimate of drug-likeness (QED) is 0.849. The van der Waals surface area contributed by atoms with Crippen LogP contribution in [-0.2, 0) is 6.54 Å². The first-order chi connectivity index (χ1) is 10.0. The van der Waals surface area contributed by atoms with Crippen molar-refractivity contribution in [2.45, 2.75) is 33.2 Å². The Bertz CT molecular complexity index is 652. The summed E-state index contributed by atoms with van der Waals surface area (Å²) in [5.74, 6) is 1.81. The summed E-state index contributed by atoms with van der Waals surface area (Å²) in [5, 5.41) is 4.40. The van der Waals surface area contributed by atoms with E-state index in [0.29, 0.717) is 18.2 Å². The number of rotatable bonds is 5. The number of furan rings is 1. The highest BCUT2D eigenvalue weighted by atomic mass is 16.4. The minimum absolute atomic E-state index is 0.0403. The van der Waals surface area contributed by atoms with Crippen LogP contribution in [0, 0.1) is 19.8 Å². The van der Waals surface area contributed by atoms with Gasteiger partial charge in [0.05, 0.1) is 12.2 Å². The molecule has 0 saturated heterocycles. The monoisotopic (exact) mass is 287 g/mol. The van der Waals surface area contributed by atoms with E-state index in [1.165, 1.54) is 12.8 Å². The van der Waals surface area contributed by atoms with E-state index in [1.54, 1.807) is 11.0 Å². The highest BCUT2D eigenvalue weighted by Gasteiger charge is 2.26. The van der Waals surface area contributed by atoms with Crippen molar-refractivity contribution >= 4 is 5.91 Å². The van der Waals surface area contributed by atoms with Crippen molar-refractivity contribution < 1.29 is 9.21 Å². The Morgan fingerprint density at radius 3 is 2.81 bits per heavy atom. The summed E-state index contributed by atoms with van der Waals surface area (Å²) in [6.07, 6.45) is 2.47. The third-order valence-electron chi connectivity index (χ3n) is 3.86. The molecule has 1 aliphatic rings. The van der Waals surface area contributed by atoms with E-state index in [4.69, 9.17) is 4.42 Å². The Labute approximate surface area is 124 Å². The summed E-state index contributed by atoms with van der Waals surface area (Å²) in [6, 6.07) is 5.64. The molecule has 2 aromatic rings. The molecule has 5 heteroatoms. The minimum atomic E-state index is -0.0403. The maximum Gasteiger partial charge on any atom is 0.289 e. The molecular formula is C16H21N3O2. The maximum absolute atomic E-state index is 12.3. The smallest absolute Gasteiger partial charge is 0.289 e. The number of carbonyl (C=O) groups is 1. The molecular weight excluding hydrogens is 266 g/mol. The number of amides is 1. The average molecular weight is 287 g/mol. The van der Waals surface area contributed by atoms with Gasteiger partial charge in [-0.1, -0.05) is 0 Å². The van der Waals surface area contributed by atoms with E-state index in [1.807, 2.05) is 37.7 Å². The Balaban J connectivity index is 1.67. The lowest BCUT2D eigenvalue weighted by molar-refractivity contribution is 0.0755. The van der Waals surface area contributed by atoms with E-state index in [9.17, 15) is 4.79 Å². The van der Waals surface area contributed by atoms with E-state index in [-0.39, 0.29) is 5.91 Å². The van der Waals surface area contributed by atoms with Crippen molar-refractivity contribution in [1.29, 1.82) is 0 Å². The fourth-order valence-electron chi connectivity index (χ4n) is 2.52. The second-order valence-electron chi connectivity index (χ2n) is 5.98. The van der Waals surface area contributed by atoms with Gasteiger partial charge in [0.25, 0.3) is 5.91 Å². The first kappa shape index (κ1) is 13.9. The molecule has 1 aliphatic carbocycles. The summed E-state index contributed by atoms with van der Waals surface area (Å²) in [5.41, 5.74) is 2.07. The van der Waals surface area contributed by atoms with Gasteiger partial charge in [-0.25, -0.2) is 0 Å². The molecule has 0 bridgehead atoms. The largest absolute Gasteiger partial charge is 0.454 e. The first-order valence-corrected chi connectivity index (χ1v) is 7.38. The van der Waals surface area contributed by atoms with E-state index in [2.05, 4.69) is 5.10 Å². The lowest BCUT2D eigenvalue weighted by atomic mass is 10.3.